The van der Waals surface area contributed by atoms with E-state index in [1.54, 1.807) is 4.68 Å². The van der Waals surface area contributed by atoms with Crippen LogP contribution in [0.4, 0.5) is 0 Å². The minimum absolute atomic E-state index is 0.0906. The topological polar surface area (TPSA) is 66.2 Å². The summed E-state index contributed by atoms with van der Waals surface area (Å²) < 4.78 is 1.66. The van der Waals surface area contributed by atoms with Crippen LogP contribution in [0, 0.1) is 5.92 Å². The molecule has 1 aromatic rings. The molecule has 1 unspecified atom stereocenters. The lowest BCUT2D eigenvalue weighted by molar-refractivity contribution is 0.246. The maximum Gasteiger partial charge on any atom is 0.0964 e. The summed E-state index contributed by atoms with van der Waals surface area (Å²) in [5, 5.41) is 20.2. The summed E-state index contributed by atoms with van der Waals surface area (Å²) in [4.78, 5) is 2.26. The summed E-state index contributed by atoms with van der Waals surface area (Å²) in [6, 6.07) is 0.535. The zero-order valence-corrected chi connectivity index (χ0v) is 12.5. The molecule has 1 atom stereocenters. The van der Waals surface area contributed by atoms with Crippen LogP contribution in [0.3, 0.4) is 0 Å². The third kappa shape index (κ3) is 6.13. The van der Waals surface area contributed by atoms with Crippen molar-refractivity contribution in [1.82, 2.24) is 25.2 Å². The van der Waals surface area contributed by atoms with Crippen molar-refractivity contribution in [1.29, 1.82) is 0 Å². The molecule has 110 valence electrons. The van der Waals surface area contributed by atoms with Crippen LogP contribution >= 0.6 is 0 Å². The van der Waals surface area contributed by atoms with Gasteiger partial charge in [0.15, 0.2) is 0 Å². The Bertz CT molecular complexity index is 351. The molecule has 1 heterocycles. The molecule has 0 spiro atoms. The second-order valence-electron chi connectivity index (χ2n) is 5.57. The summed E-state index contributed by atoms with van der Waals surface area (Å²) in [6.45, 7) is 6.74. The van der Waals surface area contributed by atoms with Crippen LogP contribution in [-0.4, -0.2) is 58.3 Å². The first-order chi connectivity index (χ1) is 9.02. The number of aliphatic hydroxyl groups excluding tert-OH is 1. The van der Waals surface area contributed by atoms with Crippen molar-refractivity contribution in [2.45, 2.75) is 39.4 Å². The Balaban J connectivity index is 2.34. The van der Waals surface area contributed by atoms with Gasteiger partial charge in [0.2, 0.25) is 0 Å². The van der Waals surface area contributed by atoms with E-state index in [2.05, 4.69) is 48.5 Å². The standard InChI is InChI=1S/C13H27N5O/c1-11(2)7-13(17(3)4)9-14-8-12-10-18(5-6-19)16-15-12/h10-11,13-14,19H,5-9H2,1-4H3. The predicted molar refractivity (Wildman–Crippen MR) is 75.7 cm³/mol. The third-order valence-electron chi connectivity index (χ3n) is 3.08. The molecule has 0 aliphatic carbocycles. The highest BCUT2D eigenvalue weighted by molar-refractivity contribution is 4.91. The molecule has 0 saturated heterocycles. The molecule has 0 aromatic carbocycles. The van der Waals surface area contributed by atoms with Crippen molar-refractivity contribution < 1.29 is 5.11 Å². The maximum atomic E-state index is 8.81. The highest BCUT2D eigenvalue weighted by atomic mass is 16.3. The van der Waals surface area contributed by atoms with Crippen LogP contribution < -0.4 is 5.32 Å². The molecule has 6 heteroatoms. The zero-order chi connectivity index (χ0) is 14.3. The van der Waals surface area contributed by atoms with Gasteiger partial charge in [-0.1, -0.05) is 19.1 Å². The highest BCUT2D eigenvalue weighted by Crippen LogP contribution is 2.08. The van der Waals surface area contributed by atoms with Crippen molar-refractivity contribution in [3.8, 4) is 0 Å². The van der Waals surface area contributed by atoms with E-state index in [4.69, 9.17) is 5.11 Å². The quantitative estimate of drug-likeness (QED) is 0.676. The molecule has 0 aliphatic heterocycles. The van der Waals surface area contributed by atoms with E-state index in [9.17, 15) is 0 Å². The number of likely N-dealkylation sites (N-methyl/N-ethyl adjacent to an activating group) is 1. The van der Waals surface area contributed by atoms with Crippen LogP contribution in [0.5, 0.6) is 0 Å². The van der Waals surface area contributed by atoms with Gasteiger partial charge in [-0.2, -0.15) is 0 Å². The van der Waals surface area contributed by atoms with Crippen molar-refractivity contribution in [2.75, 3.05) is 27.2 Å². The van der Waals surface area contributed by atoms with E-state index in [1.807, 2.05) is 6.20 Å². The van der Waals surface area contributed by atoms with Gasteiger partial charge in [-0.3, -0.25) is 0 Å². The van der Waals surface area contributed by atoms with E-state index < -0.39 is 0 Å². The van der Waals surface area contributed by atoms with Gasteiger partial charge in [-0.15, -0.1) is 5.10 Å². The number of aromatic nitrogens is 3. The number of hydrogen-bond donors (Lipinski definition) is 2. The van der Waals surface area contributed by atoms with Crippen LogP contribution in [0.2, 0.25) is 0 Å². The number of nitrogens with zero attached hydrogens (tertiary/aromatic N) is 4. The Labute approximate surface area is 115 Å². The monoisotopic (exact) mass is 269 g/mol. The predicted octanol–water partition coefficient (Wildman–Crippen LogP) is 0.336. The first kappa shape index (κ1) is 16.1. The molecule has 0 fully saturated rings. The largest absolute Gasteiger partial charge is 0.394 e. The molecular weight excluding hydrogens is 242 g/mol. The lowest BCUT2D eigenvalue weighted by atomic mass is 10.0. The van der Waals surface area contributed by atoms with Gasteiger partial charge in [-0.25, -0.2) is 4.68 Å². The molecule has 0 saturated carbocycles. The van der Waals surface area contributed by atoms with Crippen molar-refractivity contribution in [3.63, 3.8) is 0 Å². The van der Waals surface area contributed by atoms with Crippen molar-refractivity contribution in [3.05, 3.63) is 11.9 Å². The maximum absolute atomic E-state index is 8.81. The smallest absolute Gasteiger partial charge is 0.0964 e. The summed E-state index contributed by atoms with van der Waals surface area (Å²) in [5.74, 6) is 0.694. The second-order valence-corrected chi connectivity index (χ2v) is 5.57. The fraction of sp³-hybridized carbons (Fsp3) is 0.846. The highest BCUT2D eigenvalue weighted by Gasteiger charge is 2.13. The normalized spacial score (nSPS) is 13.4. The summed E-state index contributed by atoms with van der Waals surface area (Å²) in [5.41, 5.74) is 0.913. The fourth-order valence-electron chi connectivity index (χ4n) is 2.02. The van der Waals surface area contributed by atoms with Crippen molar-refractivity contribution >= 4 is 0 Å². The van der Waals surface area contributed by atoms with Crippen LogP contribution in [-0.2, 0) is 13.1 Å². The Kier molecular flexibility index (Phi) is 6.97. The van der Waals surface area contributed by atoms with E-state index in [0.29, 0.717) is 25.0 Å². The van der Waals surface area contributed by atoms with Gasteiger partial charge >= 0.3 is 0 Å². The zero-order valence-electron chi connectivity index (χ0n) is 12.5. The Morgan fingerprint density at radius 3 is 2.74 bits per heavy atom. The van der Waals surface area contributed by atoms with Crippen LogP contribution in [0.25, 0.3) is 0 Å². The number of hydrogen-bond acceptors (Lipinski definition) is 5. The molecule has 0 amide bonds. The van der Waals surface area contributed by atoms with E-state index in [-0.39, 0.29) is 6.61 Å². The summed E-state index contributed by atoms with van der Waals surface area (Å²) >= 11 is 0. The van der Waals surface area contributed by atoms with E-state index >= 15 is 0 Å². The summed E-state index contributed by atoms with van der Waals surface area (Å²) in [7, 11) is 4.23. The molecule has 0 aliphatic rings. The molecule has 6 nitrogen and oxygen atoms in total. The minimum Gasteiger partial charge on any atom is -0.394 e. The Hall–Kier alpha value is -0.980. The number of rotatable bonds is 9. The molecule has 19 heavy (non-hydrogen) atoms. The average molecular weight is 269 g/mol. The van der Waals surface area contributed by atoms with E-state index in [0.717, 1.165) is 12.2 Å². The molecule has 0 radical (unpaired) electrons. The number of nitrogens with one attached hydrogen (secondary N) is 1. The van der Waals surface area contributed by atoms with Gasteiger partial charge < -0.3 is 15.3 Å². The van der Waals surface area contributed by atoms with Gasteiger partial charge in [0.1, 0.15) is 0 Å². The number of aliphatic hydroxyl groups is 1. The lowest BCUT2D eigenvalue weighted by Crippen LogP contribution is -2.38. The van der Waals surface area contributed by atoms with Gasteiger partial charge in [0.05, 0.1) is 18.8 Å². The molecule has 2 N–H and O–H groups in total. The summed E-state index contributed by atoms with van der Waals surface area (Å²) in [6.07, 6.45) is 3.05. The molecular formula is C13H27N5O. The Morgan fingerprint density at radius 2 is 2.16 bits per heavy atom. The first-order valence-corrected chi connectivity index (χ1v) is 6.90. The van der Waals surface area contributed by atoms with Gasteiger partial charge in [0, 0.05) is 25.3 Å². The SMILES string of the molecule is CC(C)CC(CNCc1cn(CCO)nn1)N(C)C. The molecule has 1 aromatic heterocycles. The van der Waals surface area contributed by atoms with Gasteiger partial charge in [0.25, 0.3) is 0 Å². The van der Waals surface area contributed by atoms with Crippen molar-refractivity contribution in [2.24, 2.45) is 5.92 Å². The fourth-order valence-corrected chi connectivity index (χ4v) is 2.02. The second kappa shape index (κ2) is 8.24. The molecule has 0 bridgehead atoms. The average Bonchev–Trinajstić information content (AvgIpc) is 2.75. The first-order valence-electron chi connectivity index (χ1n) is 6.90. The van der Waals surface area contributed by atoms with Crippen LogP contribution in [0.1, 0.15) is 26.0 Å². The minimum atomic E-state index is 0.0906. The van der Waals surface area contributed by atoms with Crippen LogP contribution in [0.15, 0.2) is 6.20 Å². The third-order valence-corrected chi connectivity index (χ3v) is 3.08. The van der Waals surface area contributed by atoms with Gasteiger partial charge in [-0.05, 0) is 26.4 Å². The Morgan fingerprint density at radius 1 is 1.42 bits per heavy atom. The van der Waals surface area contributed by atoms with E-state index in [1.165, 1.54) is 6.42 Å². The molecule has 1 rings (SSSR count). The lowest BCUT2D eigenvalue weighted by Gasteiger charge is -2.26.